The van der Waals surface area contributed by atoms with Gasteiger partial charge < -0.3 is 10.0 Å². The summed E-state index contributed by atoms with van der Waals surface area (Å²) >= 11 is 0. The van der Waals surface area contributed by atoms with Crippen molar-refractivity contribution in [3.05, 3.63) is 71.4 Å². The van der Waals surface area contributed by atoms with Crippen molar-refractivity contribution in [1.82, 2.24) is 15.1 Å². The highest BCUT2D eigenvalue weighted by Gasteiger charge is 2.41. The number of carbonyl (C=O) groups is 1. The predicted molar refractivity (Wildman–Crippen MR) is 95.3 cm³/mol. The Balaban J connectivity index is 1.91. The zero-order chi connectivity index (χ0) is 17.4. The summed E-state index contributed by atoms with van der Waals surface area (Å²) in [6.07, 6.45) is 0.861. The molecule has 5 nitrogen and oxygen atoms in total. The van der Waals surface area contributed by atoms with Crippen molar-refractivity contribution in [3.63, 3.8) is 0 Å². The average Bonchev–Trinajstić information content (AvgIpc) is 3.16. The van der Waals surface area contributed by atoms with Crippen LogP contribution in [0.4, 0.5) is 0 Å². The van der Waals surface area contributed by atoms with Gasteiger partial charge in [0.1, 0.15) is 11.4 Å². The third-order valence-electron chi connectivity index (χ3n) is 4.56. The van der Waals surface area contributed by atoms with Gasteiger partial charge in [-0.25, -0.2) is 0 Å². The maximum Gasteiger partial charge on any atom is 0.273 e. The van der Waals surface area contributed by atoms with Crippen LogP contribution >= 0.6 is 0 Å². The monoisotopic (exact) mass is 333 g/mol. The Kier molecular flexibility index (Phi) is 3.76. The standard InChI is InChI=1S/C20H19N3O2/c1-2-11-23-19(14-9-6-10-15(24)12-14)16-17(13-7-4-3-5-8-13)21-22-18(16)20(23)25/h3-10,12,19,24H,2,11H2,1H3,(H,21,22). The number of nitrogens with zero attached hydrogens (tertiary/aromatic N) is 2. The number of nitrogens with one attached hydrogen (secondary N) is 1. The molecule has 0 spiro atoms. The Labute approximate surface area is 145 Å². The summed E-state index contributed by atoms with van der Waals surface area (Å²) in [7, 11) is 0. The van der Waals surface area contributed by atoms with Gasteiger partial charge in [0.25, 0.3) is 5.91 Å². The first kappa shape index (κ1) is 15.4. The molecule has 1 amide bonds. The summed E-state index contributed by atoms with van der Waals surface area (Å²) < 4.78 is 0. The summed E-state index contributed by atoms with van der Waals surface area (Å²) in [5.74, 6) is 0.152. The Bertz CT molecular complexity index is 918. The summed E-state index contributed by atoms with van der Waals surface area (Å²) in [6, 6.07) is 16.7. The Morgan fingerprint density at radius 2 is 1.96 bits per heavy atom. The second-order valence-corrected chi connectivity index (χ2v) is 6.22. The Morgan fingerprint density at radius 1 is 1.16 bits per heavy atom. The van der Waals surface area contributed by atoms with Crippen molar-refractivity contribution in [3.8, 4) is 17.0 Å². The quantitative estimate of drug-likeness (QED) is 0.764. The minimum atomic E-state index is -0.247. The summed E-state index contributed by atoms with van der Waals surface area (Å²) in [4.78, 5) is 14.7. The average molecular weight is 333 g/mol. The van der Waals surface area contributed by atoms with Gasteiger partial charge in [-0.05, 0) is 24.1 Å². The van der Waals surface area contributed by atoms with Gasteiger partial charge in [-0.2, -0.15) is 5.10 Å². The van der Waals surface area contributed by atoms with E-state index in [2.05, 4.69) is 17.1 Å². The van der Waals surface area contributed by atoms with Gasteiger partial charge in [0.2, 0.25) is 0 Å². The number of rotatable bonds is 4. The predicted octanol–water partition coefficient (Wildman–Crippen LogP) is 3.74. The van der Waals surface area contributed by atoms with Crippen LogP contribution in [0.25, 0.3) is 11.3 Å². The largest absolute Gasteiger partial charge is 0.508 e. The lowest BCUT2D eigenvalue weighted by Crippen LogP contribution is -2.30. The minimum absolute atomic E-state index is 0.0418. The SMILES string of the molecule is CCCN1C(=O)c2[nH]nc(-c3ccccc3)c2C1c1cccc(O)c1. The third kappa shape index (κ3) is 2.48. The van der Waals surface area contributed by atoms with Crippen molar-refractivity contribution in [2.75, 3.05) is 6.54 Å². The van der Waals surface area contributed by atoms with Crippen LogP contribution in [0.1, 0.15) is 41.0 Å². The number of aromatic hydroxyl groups is 1. The fourth-order valence-electron chi connectivity index (χ4n) is 3.53. The molecule has 2 heterocycles. The second-order valence-electron chi connectivity index (χ2n) is 6.22. The van der Waals surface area contributed by atoms with E-state index in [1.54, 1.807) is 18.2 Å². The van der Waals surface area contributed by atoms with Gasteiger partial charge in [-0.3, -0.25) is 9.89 Å². The molecule has 0 fully saturated rings. The first-order chi connectivity index (χ1) is 12.2. The maximum atomic E-state index is 12.9. The molecule has 0 radical (unpaired) electrons. The number of fused-ring (bicyclic) bond motifs is 1. The van der Waals surface area contributed by atoms with Gasteiger partial charge >= 0.3 is 0 Å². The summed E-state index contributed by atoms with van der Waals surface area (Å²) in [5, 5.41) is 17.3. The molecule has 2 N–H and O–H groups in total. The van der Waals surface area contributed by atoms with E-state index in [4.69, 9.17) is 0 Å². The van der Waals surface area contributed by atoms with Crippen molar-refractivity contribution in [1.29, 1.82) is 0 Å². The van der Waals surface area contributed by atoms with Crippen molar-refractivity contribution in [2.24, 2.45) is 0 Å². The summed E-state index contributed by atoms with van der Waals surface area (Å²) in [6.45, 7) is 2.70. The smallest absolute Gasteiger partial charge is 0.273 e. The fraction of sp³-hybridized carbons (Fsp3) is 0.200. The molecule has 0 saturated heterocycles. The van der Waals surface area contributed by atoms with E-state index in [0.29, 0.717) is 12.2 Å². The molecule has 1 aliphatic rings. The molecule has 1 unspecified atom stereocenters. The highest BCUT2D eigenvalue weighted by molar-refractivity contribution is 6.00. The number of H-pyrrole nitrogens is 1. The lowest BCUT2D eigenvalue weighted by atomic mass is 9.96. The number of hydrogen-bond donors (Lipinski definition) is 2. The molecule has 0 aliphatic carbocycles. The number of hydrogen-bond acceptors (Lipinski definition) is 3. The number of benzene rings is 2. The molecular formula is C20H19N3O2. The molecule has 25 heavy (non-hydrogen) atoms. The van der Waals surface area contributed by atoms with Crippen molar-refractivity contribution < 1.29 is 9.90 Å². The number of aromatic amines is 1. The van der Waals surface area contributed by atoms with Crippen molar-refractivity contribution in [2.45, 2.75) is 19.4 Å². The maximum absolute atomic E-state index is 12.9. The van der Waals surface area contributed by atoms with E-state index in [1.165, 1.54) is 0 Å². The summed E-state index contributed by atoms with van der Waals surface area (Å²) in [5.41, 5.74) is 4.07. The molecule has 1 aromatic heterocycles. The Hall–Kier alpha value is -3.08. The van der Waals surface area contributed by atoms with Crippen molar-refractivity contribution >= 4 is 5.91 Å². The van der Waals surface area contributed by atoms with Crippen LogP contribution in [0.15, 0.2) is 54.6 Å². The molecule has 0 bridgehead atoms. The van der Waals surface area contributed by atoms with E-state index in [-0.39, 0.29) is 17.7 Å². The normalized spacial score (nSPS) is 16.3. The lowest BCUT2D eigenvalue weighted by molar-refractivity contribution is 0.0743. The highest BCUT2D eigenvalue weighted by atomic mass is 16.3. The van der Waals surface area contributed by atoms with E-state index in [0.717, 1.165) is 28.8 Å². The molecule has 5 heteroatoms. The van der Waals surface area contributed by atoms with Crippen LogP contribution in [-0.4, -0.2) is 32.7 Å². The van der Waals surface area contributed by atoms with E-state index >= 15 is 0 Å². The topological polar surface area (TPSA) is 69.2 Å². The fourth-order valence-corrected chi connectivity index (χ4v) is 3.53. The van der Waals surface area contributed by atoms with Crippen LogP contribution in [0, 0.1) is 0 Å². The zero-order valence-electron chi connectivity index (χ0n) is 13.9. The first-order valence-corrected chi connectivity index (χ1v) is 8.44. The molecule has 0 saturated carbocycles. The zero-order valence-corrected chi connectivity index (χ0v) is 13.9. The van der Waals surface area contributed by atoms with E-state index in [9.17, 15) is 9.90 Å². The molecule has 4 rings (SSSR count). The number of phenols is 1. The van der Waals surface area contributed by atoms with E-state index in [1.807, 2.05) is 41.3 Å². The van der Waals surface area contributed by atoms with Gasteiger partial charge in [0, 0.05) is 17.7 Å². The molecule has 126 valence electrons. The van der Waals surface area contributed by atoms with E-state index < -0.39 is 0 Å². The molecule has 2 aromatic carbocycles. The molecule has 3 aromatic rings. The highest BCUT2D eigenvalue weighted by Crippen LogP contribution is 2.43. The van der Waals surface area contributed by atoms with Crippen LogP contribution in [-0.2, 0) is 0 Å². The Morgan fingerprint density at radius 3 is 2.68 bits per heavy atom. The van der Waals surface area contributed by atoms with Crippen LogP contribution < -0.4 is 0 Å². The van der Waals surface area contributed by atoms with Gasteiger partial charge in [0.05, 0.1) is 11.7 Å². The molecule has 1 atom stereocenters. The van der Waals surface area contributed by atoms with Crippen LogP contribution in [0.2, 0.25) is 0 Å². The lowest BCUT2D eigenvalue weighted by Gasteiger charge is -2.26. The first-order valence-electron chi connectivity index (χ1n) is 8.44. The third-order valence-corrected chi connectivity index (χ3v) is 4.56. The number of phenolic OH excluding ortho intramolecular Hbond substituents is 1. The van der Waals surface area contributed by atoms with Crippen LogP contribution in [0.3, 0.4) is 0 Å². The van der Waals surface area contributed by atoms with Gasteiger partial charge in [0.15, 0.2) is 0 Å². The second kappa shape index (κ2) is 6.09. The number of amides is 1. The minimum Gasteiger partial charge on any atom is -0.508 e. The van der Waals surface area contributed by atoms with Gasteiger partial charge in [-0.15, -0.1) is 0 Å². The number of carbonyl (C=O) groups excluding carboxylic acids is 1. The molecule has 1 aliphatic heterocycles. The molecular weight excluding hydrogens is 314 g/mol. The van der Waals surface area contributed by atoms with Crippen LogP contribution in [0.5, 0.6) is 5.75 Å². The number of aromatic nitrogens is 2. The van der Waals surface area contributed by atoms with Gasteiger partial charge in [-0.1, -0.05) is 49.4 Å².